The van der Waals surface area contributed by atoms with Crippen molar-refractivity contribution in [2.75, 3.05) is 0 Å². The highest BCUT2D eigenvalue weighted by molar-refractivity contribution is 5.80. The van der Waals surface area contributed by atoms with E-state index < -0.39 is 0 Å². The summed E-state index contributed by atoms with van der Waals surface area (Å²) in [6.07, 6.45) is 5.98. The first kappa shape index (κ1) is 14.3. The fraction of sp³-hybridized carbons (Fsp3) is 0. The zero-order chi connectivity index (χ0) is 16.4. The Morgan fingerprint density at radius 1 is 0.792 bits per heavy atom. The van der Waals surface area contributed by atoms with E-state index in [1.807, 2.05) is 54.9 Å². The Morgan fingerprint density at radius 3 is 2.42 bits per heavy atom. The van der Waals surface area contributed by atoms with E-state index >= 15 is 0 Å². The maximum atomic E-state index is 9.38. The molecule has 0 aliphatic carbocycles. The molecule has 4 aromatic rings. The first-order chi connectivity index (χ1) is 11.8. The van der Waals surface area contributed by atoms with Crippen LogP contribution in [0.1, 0.15) is 11.1 Å². The number of rotatable bonds is 3. The lowest BCUT2D eigenvalue weighted by molar-refractivity contribution is 0.475. The summed E-state index contributed by atoms with van der Waals surface area (Å²) < 4.78 is 2.10. The van der Waals surface area contributed by atoms with Crippen LogP contribution in [-0.2, 0) is 0 Å². The first-order valence-corrected chi connectivity index (χ1v) is 7.80. The molecule has 3 heteroatoms. The highest BCUT2D eigenvalue weighted by Gasteiger charge is 2.06. The normalized spacial score (nSPS) is 11.3. The molecule has 0 saturated carbocycles. The van der Waals surface area contributed by atoms with E-state index in [2.05, 4.69) is 33.8 Å². The number of aromatic hydroxyl groups is 1. The standard InChI is InChI=1S/C21H16N2O/c24-18-13-10-16(11-14-18)9-12-17-5-1-3-7-20(17)23-15-22-19-6-2-4-8-21(19)23/h1-15,24H. The summed E-state index contributed by atoms with van der Waals surface area (Å²) in [6.45, 7) is 0. The van der Waals surface area contributed by atoms with Crippen LogP contribution in [0.3, 0.4) is 0 Å². The van der Waals surface area contributed by atoms with E-state index in [1.165, 1.54) is 0 Å². The van der Waals surface area contributed by atoms with Crippen molar-refractivity contribution in [1.82, 2.24) is 9.55 Å². The van der Waals surface area contributed by atoms with Gasteiger partial charge in [-0.05, 0) is 41.5 Å². The van der Waals surface area contributed by atoms with Crippen molar-refractivity contribution in [3.8, 4) is 11.4 Å². The molecule has 24 heavy (non-hydrogen) atoms. The van der Waals surface area contributed by atoms with Crippen LogP contribution in [0.2, 0.25) is 0 Å². The number of hydrogen-bond donors (Lipinski definition) is 1. The third-order valence-corrected chi connectivity index (χ3v) is 4.00. The van der Waals surface area contributed by atoms with Crippen molar-refractivity contribution in [3.05, 3.63) is 90.3 Å². The van der Waals surface area contributed by atoms with Gasteiger partial charge in [0.2, 0.25) is 0 Å². The minimum absolute atomic E-state index is 0.275. The molecule has 4 rings (SSSR count). The Kier molecular flexibility index (Phi) is 3.60. The van der Waals surface area contributed by atoms with Gasteiger partial charge in [-0.15, -0.1) is 0 Å². The van der Waals surface area contributed by atoms with E-state index in [4.69, 9.17) is 0 Å². The predicted molar refractivity (Wildman–Crippen MR) is 98.1 cm³/mol. The summed E-state index contributed by atoms with van der Waals surface area (Å²) in [6, 6.07) is 23.5. The van der Waals surface area contributed by atoms with Crippen LogP contribution in [0.4, 0.5) is 0 Å². The molecule has 0 amide bonds. The Morgan fingerprint density at radius 2 is 1.54 bits per heavy atom. The highest BCUT2D eigenvalue weighted by Crippen LogP contribution is 2.23. The number of aromatic nitrogens is 2. The van der Waals surface area contributed by atoms with E-state index in [-0.39, 0.29) is 5.75 Å². The van der Waals surface area contributed by atoms with Crippen LogP contribution in [0.25, 0.3) is 28.9 Å². The van der Waals surface area contributed by atoms with Gasteiger partial charge < -0.3 is 5.11 Å². The molecule has 1 aromatic heterocycles. The molecule has 0 radical (unpaired) electrons. The Labute approximate surface area is 140 Å². The zero-order valence-corrected chi connectivity index (χ0v) is 13.0. The van der Waals surface area contributed by atoms with Crippen LogP contribution in [0.15, 0.2) is 79.1 Å². The number of nitrogens with zero attached hydrogens (tertiary/aromatic N) is 2. The zero-order valence-electron chi connectivity index (χ0n) is 13.0. The average Bonchev–Trinajstić information content (AvgIpc) is 3.05. The van der Waals surface area contributed by atoms with Crippen LogP contribution < -0.4 is 0 Å². The van der Waals surface area contributed by atoms with E-state index in [0.717, 1.165) is 27.8 Å². The van der Waals surface area contributed by atoms with Gasteiger partial charge in [-0.1, -0.05) is 54.6 Å². The van der Waals surface area contributed by atoms with Gasteiger partial charge in [0, 0.05) is 0 Å². The van der Waals surface area contributed by atoms with Gasteiger partial charge in [0.15, 0.2) is 0 Å². The van der Waals surface area contributed by atoms with Gasteiger partial charge in [0.1, 0.15) is 12.1 Å². The van der Waals surface area contributed by atoms with Crippen molar-refractivity contribution < 1.29 is 5.11 Å². The summed E-state index contributed by atoms with van der Waals surface area (Å²) in [5.41, 5.74) is 5.30. The van der Waals surface area contributed by atoms with Crippen LogP contribution in [0, 0.1) is 0 Å². The van der Waals surface area contributed by atoms with Crippen LogP contribution >= 0.6 is 0 Å². The smallest absolute Gasteiger partial charge is 0.115 e. The quantitative estimate of drug-likeness (QED) is 0.546. The second-order valence-electron chi connectivity index (χ2n) is 5.59. The number of fused-ring (bicyclic) bond motifs is 1. The summed E-state index contributed by atoms with van der Waals surface area (Å²) >= 11 is 0. The largest absolute Gasteiger partial charge is 0.508 e. The number of benzene rings is 3. The van der Waals surface area contributed by atoms with Crippen LogP contribution in [0.5, 0.6) is 5.75 Å². The molecule has 0 atom stereocenters. The highest BCUT2D eigenvalue weighted by atomic mass is 16.3. The van der Waals surface area contributed by atoms with Gasteiger partial charge in [0.05, 0.1) is 16.7 Å². The molecule has 0 fully saturated rings. The Hall–Kier alpha value is -3.33. The fourth-order valence-electron chi connectivity index (χ4n) is 2.77. The van der Waals surface area contributed by atoms with Crippen molar-refractivity contribution >= 4 is 23.2 Å². The fourth-order valence-corrected chi connectivity index (χ4v) is 2.77. The molecule has 0 aliphatic rings. The summed E-state index contributed by atoms with van der Waals surface area (Å²) in [4.78, 5) is 4.48. The summed E-state index contributed by atoms with van der Waals surface area (Å²) in [5, 5.41) is 9.38. The van der Waals surface area contributed by atoms with Crippen molar-refractivity contribution in [1.29, 1.82) is 0 Å². The van der Waals surface area contributed by atoms with Crippen molar-refractivity contribution in [3.63, 3.8) is 0 Å². The summed E-state index contributed by atoms with van der Waals surface area (Å²) in [7, 11) is 0. The lowest BCUT2D eigenvalue weighted by Crippen LogP contribution is -1.94. The van der Waals surface area contributed by atoms with Gasteiger partial charge in [0.25, 0.3) is 0 Å². The topological polar surface area (TPSA) is 38.0 Å². The molecule has 0 spiro atoms. The summed E-state index contributed by atoms with van der Waals surface area (Å²) in [5.74, 6) is 0.275. The lowest BCUT2D eigenvalue weighted by atomic mass is 10.1. The Balaban J connectivity index is 1.77. The minimum atomic E-state index is 0.275. The van der Waals surface area contributed by atoms with E-state index in [1.54, 1.807) is 12.1 Å². The molecule has 1 heterocycles. The van der Waals surface area contributed by atoms with E-state index in [9.17, 15) is 5.11 Å². The number of imidazole rings is 1. The third kappa shape index (κ3) is 2.68. The number of phenolic OH excluding ortho intramolecular Hbond substituents is 1. The van der Waals surface area contributed by atoms with Gasteiger partial charge in [-0.25, -0.2) is 4.98 Å². The molecular weight excluding hydrogens is 296 g/mol. The predicted octanol–water partition coefficient (Wildman–Crippen LogP) is 4.90. The molecule has 3 nitrogen and oxygen atoms in total. The molecule has 116 valence electrons. The molecule has 0 bridgehead atoms. The third-order valence-electron chi connectivity index (χ3n) is 4.00. The van der Waals surface area contributed by atoms with E-state index in [0.29, 0.717) is 0 Å². The molecule has 3 aromatic carbocycles. The van der Waals surface area contributed by atoms with Gasteiger partial charge in [-0.3, -0.25) is 4.57 Å². The number of para-hydroxylation sites is 3. The number of hydrogen-bond acceptors (Lipinski definition) is 2. The molecule has 0 aliphatic heterocycles. The maximum Gasteiger partial charge on any atom is 0.115 e. The average molecular weight is 312 g/mol. The van der Waals surface area contributed by atoms with Gasteiger partial charge >= 0.3 is 0 Å². The monoisotopic (exact) mass is 312 g/mol. The molecule has 0 saturated heterocycles. The van der Waals surface area contributed by atoms with Crippen molar-refractivity contribution in [2.45, 2.75) is 0 Å². The maximum absolute atomic E-state index is 9.38. The lowest BCUT2D eigenvalue weighted by Gasteiger charge is -2.08. The minimum Gasteiger partial charge on any atom is -0.508 e. The number of phenols is 1. The molecule has 0 unspecified atom stereocenters. The second kappa shape index (κ2) is 6.05. The van der Waals surface area contributed by atoms with Crippen molar-refractivity contribution in [2.24, 2.45) is 0 Å². The molecular formula is C21H16N2O. The second-order valence-corrected chi connectivity index (χ2v) is 5.59. The van der Waals surface area contributed by atoms with Crippen LogP contribution in [-0.4, -0.2) is 14.7 Å². The SMILES string of the molecule is Oc1ccc(C=Cc2ccccc2-n2cnc3ccccc32)cc1. The molecule has 1 N–H and O–H groups in total. The Bertz CT molecular complexity index is 1010. The first-order valence-electron chi connectivity index (χ1n) is 7.80. The van der Waals surface area contributed by atoms with Gasteiger partial charge in [-0.2, -0.15) is 0 Å².